The lowest BCUT2D eigenvalue weighted by molar-refractivity contribution is 0.195. The van der Waals surface area contributed by atoms with Crippen LogP contribution in [0.25, 0.3) is 0 Å². The molecule has 22 heavy (non-hydrogen) atoms. The van der Waals surface area contributed by atoms with Crippen LogP contribution in [0.5, 0.6) is 0 Å². The van der Waals surface area contributed by atoms with E-state index < -0.39 is 0 Å². The first-order valence-corrected chi connectivity index (χ1v) is 9.23. The molecule has 0 radical (unpaired) electrons. The molecule has 1 aliphatic heterocycles. The van der Waals surface area contributed by atoms with Gasteiger partial charge in [-0.25, -0.2) is 0 Å². The van der Waals surface area contributed by atoms with Crippen molar-refractivity contribution in [1.29, 1.82) is 0 Å². The zero-order chi connectivity index (χ0) is 15.8. The maximum atomic E-state index is 4.40. The monoisotopic (exact) mass is 322 g/mol. The van der Waals surface area contributed by atoms with Gasteiger partial charge in [0, 0.05) is 38.6 Å². The number of guanidine groups is 1. The molecule has 124 valence electrons. The van der Waals surface area contributed by atoms with Crippen LogP contribution in [0.2, 0.25) is 0 Å². The van der Waals surface area contributed by atoms with Crippen LogP contribution in [0.1, 0.15) is 24.6 Å². The molecule has 1 fully saturated rings. The van der Waals surface area contributed by atoms with Crippen LogP contribution in [0.4, 0.5) is 0 Å². The predicted molar refractivity (Wildman–Crippen MR) is 96.9 cm³/mol. The molecule has 2 heterocycles. The molecule has 2 rings (SSSR count). The van der Waals surface area contributed by atoms with Gasteiger partial charge in [0.05, 0.1) is 0 Å². The summed E-state index contributed by atoms with van der Waals surface area (Å²) in [6, 6.07) is 4.32. The lowest BCUT2D eigenvalue weighted by Gasteiger charge is -2.30. The topological polar surface area (TPSA) is 30.9 Å². The van der Waals surface area contributed by atoms with Crippen molar-refractivity contribution in [3.63, 3.8) is 0 Å². The van der Waals surface area contributed by atoms with Gasteiger partial charge in [-0.2, -0.15) is 0 Å². The molecule has 0 aromatic carbocycles. The molecule has 5 heteroatoms. The summed E-state index contributed by atoms with van der Waals surface area (Å²) in [6.45, 7) is 7.95. The van der Waals surface area contributed by atoms with Gasteiger partial charge in [0.2, 0.25) is 0 Å². The van der Waals surface area contributed by atoms with Crippen LogP contribution in [-0.4, -0.2) is 62.6 Å². The maximum Gasteiger partial charge on any atom is 0.193 e. The van der Waals surface area contributed by atoms with Crippen molar-refractivity contribution in [3.8, 4) is 0 Å². The minimum absolute atomic E-state index is 0.903. The number of hydrogen-bond donors (Lipinski definition) is 1. The standard InChI is InChI=1S/C17H30N4S/c1-15-6-11-21(12-7-15)13-9-19-17(18-2)20(3)10-8-16-5-4-14-22-16/h4-5,14-15H,6-13H2,1-3H3,(H,18,19). The Labute approximate surface area is 139 Å². The van der Waals surface area contributed by atoms with Crippen molar-refractivity contribution in [2.24, 2.45) is 10.9 Å². The number of likely N-dealkylation sites (tertiary alicyclic amines) is 1. The molecule has 1 aromatic rings. The molecule has 0 amide bonds. The highest BCUT2D eigenvalue weighted by Gasteiger charge is 2.15. The Balaban J connectivity index is 1.65. The fourth-order valence-corrected chi connectivity index (χ4v) is 3.53. The number of hydrogen-bond acceptors (Lipinski definition) is 3. The Morgan fingerprint density at radius 1 is 1.45 bits per heavy atom. The Morgan fingerprint density at radius 2 is 2.23 bits per heavy atom. The third-order valence-corrected chi connectivity index (χ3v) is 5.37. The first-order valence-electron chi connectivity index (χ1n) is 8.35. The number of rotatable bonds is 6. The average molecular weight is 323 g/mol. The third kappa shape index (κ3) is 5.61. The number of likely N-dealkylation sites (N-methyl/N-ethyl adjacent to an activating group) is 1. The van der Waals surface area contributed by atoms with Gasteiger partial charge in [-0.3, -0.25) is 4.99 Å². The summed E-state index contributed by atoms with van der Waals surface area (Å²) in [7, 11) is 3.98. The minimum Gasteiger partial charge on any atom is -0.355 e. The highest BCUT2D eigenvalue weighted by atomic mass is 32.1. The summed E-state index contributed by atoms with van der Waals surface area (Å²) in [5, 5.41) is 5.64. The number of nitrogens with zero attached hydrogens (tertiary/aromatic N) is 3. The van der Waals surface area contributed by atoms with Crippen LogP contribution >= 0.6 is 11.3 Å². The normalized spacial score (nSPS) is 17.7. The Bertz CT molecular complexity index is 436. The van der Waals surface area contributed by atoms with Gasteiger partial charge in [0.1, 0.15) is 0 Å². The molecule has 1 aromatic heterocycles. The zero-order valence-electron chi connectivity index (χ0n) is 14.2. The van der Waals surface area contributed by atoms with Gasteiger partial charge in [-0.15, -0.1) is 11.3 Å². The van der Waals surface area contributed by atoms with Gasteiger partial charge in [-0.05, 0) is 49.7 Å². The zero-order valence-corrected chi connectivity index (χ0v) is 15.0. The van der Waals surface area contributed by atoms with Crippen molar-refractivity contribution in [1.82, 2.24) is 15.1 Å². The second-order valence-corrected chi connectivity index (χ2v) is 7.28. The number of nitrogens with one attached hydrogen (secondary N) is 1. The summed E-state index contributed by atoms with van der Waals surface area (Å²) in [5.41, 5.74) is 0. The van der Waals surface area contributed by atoms with E-state index >= 15 is 0 Å². The van der Waals surface area contributed by atoms with Gasteiger partial charge in [0.15, 0.2) is 5.96 Å². The SMILES string of the molecule is CN=C(NCCN1CCC(C)CC1)N(C)CCc1cccs1. The van der Waals surface area contributed by atoms with Crippen molar-refractivity contribution in [3.05, 3.63) is 22.4 Å². The van der Waals surface area contributed by atoms with Crippen molar-refractivity contribution >= 4 is 17.3 Å². The Kier molecular flexibility index (Phi) is 7.19. The van der Waals surface area contributed by atoms with Gasteiger partial charge in [-0.1, -0.05) is 13.0 Å². The molecule has 1 N–H and O–H groups in total. The molecule has 4 nitrogen and oxygen atoms in total. The van der Waals surface area contributed by atoms with E-state index in [1.54, 1.807) is 0 Å². The second-order valence-electron chi connectivity index (χ2n) is 6.25. The summed E-state index contributed by atoms with van der Waals surface area (Å²) in [4.78, 5) is 10.6. The van der Waals surface area contributed by atoms with E-state index in [2.05, 4.69) is 51.6 Å². The predicted octanol–water partition coefficient (Wildman–Crippen LogP) is 2.53. The molecule has 1 aliphatic rings. The number of aliphatic imine (C=N–C) groups is 1. The van der Waals surface area contributed by atoms with Crippen molar-refractivity contribution < 1.29 is 0 Å². The Hall–Kier alpha value is -1.07. The van der Waals surface area contributed by atoms with Crippen LogP contribution in [0, 0.1) is 5.92 Å². The Morgan fingerprint density at radius 3 is 2.86 bits per heavy atom. The van der Waals surface area contributed by atoms with E-state index in [1.165, 1.54) is 30.8 Å². The van der Waals surface area contributed by atoms with Crippen LogP contribution in [0.15, 0.2) is 22.5 Å². The number of piperidine rings is 1. The summed E-state index contributed by atoms with van der Waals surface area (Å²) < 4.78 is 0. The minimum atomic E-state index is 0.903. The van der Waals surface area contributed by atoms with E-state index in [0.717, 1.165) is 37.9 Å². The first-order chi connectivity index (χ1) is 10.7. The van der Waals surface area contributed by atoms with Gasteiger partial charge in [0.25, 0.3) is 0 Å². The summed E-state index contributed by atoms with van der Waals surface area (Å²) >= 11 is 1.83. The van der Waals surface area contributed by atoms with E-state index in [4.69, 9.17) is 0 Å². The van der Waals surface area contributed by atoms with Crippen LogP contribution in [0.3, 0.4) is 0 Å². The molecule has 0 unspecified atom stereocenters. The lowest BCUT2D eigenvalue weighted by Crippen LogP contribution is -2.44. The van der Waals surface area contributed by atoms with E-state index in [1.807, 2.05) is 18.4 Å². The summed E-state index contributed by atoms with van der Waals surface area (Å²) in [6.07, 6.45) is 3.77. The smallest absolute Gasteiger partial charge is 0.193 e. The molecule has 0 spiro atoms. The maximum absolute atomic E-state index is 4.40. The largest absolute Gasteiger partial charge is 0.355 e. The molecule has 0 atom stereocenters. The number of thiophene rings is 1. The van der Waals surface area contributed by atoms with E-state index in [0.29, 0.717) is 0 Å². The molecule has 1 saturated heterocycles. The van der Waals surface area contributed by atoms with Crippen molar-refractivity contribution in [2.75, 3.05) is 46.8 Å². The summed E-state index contributed by atoms with van der Waals surface area (Å²) in [5.74, 6) is 1.90. The van der Waals surface area contributed by atoms with Crippen LogP contribution < -0.4 is 5.32 Å². The molecule has 0 aliphatic carbocycles. The average Bonchev–Trinajstić information content (AvgIpc) is 3.04. The molecule has 0 bridgehead atoms. The van der Waals surface area contributed by atoms with Gasteiger partial charge < -0.3 is 15.1 Å². The highest BCUT2D eigenvalue weighted by molar-refractivity contribution is 7.09. The van der Waals surface area contributed by atoms with E-state index in [-0.39, 0.29) is 0 Å². The fraction of sp³-hybridized carbons (Fsp3) is 0.706. The quantitative estimate of drug-likeness (QED) is 0.645. The first kappa shape index (κ1) is 17.3. The van der Waals surface area contributed by atoms with Gasteiger partial charge >= 0.3 is 0 Å². The van der Waals surface area contributed by atoms with Crippen LogP contribution in [-0.2, 0) is 6.42 Å². The second kappa shape index (κ2) is 9.16. The third-order valence-electron chi connectivity index (χ3n) is 4.43. The molecule has 0 saturated carbocycles. The fourth-order valence-electron chi connectivity index (χ4n) is 2.83. The molecular weight excluding hydrogens is 292 g/mol. The molecular formula is C17H30N4S. The van der Waals surface area contributed by atoms with E-state index in [9.17, 15) is 0 Å². The lowest BCUT2D eigenvalue weighted by atomic mass is 9.99. The highest BCUT2D eigenvalue weighted by Crippen LogP contribution is 2.15. The van der Waals surface area contributed by atoms with Crippen molar-refractivity contribution in [2.45, 2.75) is 26.2 Å².